The van der Waals surface area contributed by atoms with E-state index in [1.807, 2.05) is 53.9 Å². The number of hydrogen-bond acceptors (Lipinski definition) is 5. The Morgan fingerprint density at radius 3 is 2.75 bits per heavy atom. The molecule has 0 spiro atoms. The molecule has 1 aromatic heterocycles. The molecule has 2 aromatic carbocycles. The third-order valence-electron chi connectivity index (χ3n) is 4.35. The molecule has 1 aliphatic heterocycles. The van der Waals surface area contributed by atoms with Gasteiger partial charge in [0.05, 0.1) is 22.7 Å². The van der Waals surface area contributed by atoms with Crippen LogP contribution < -0.4 is 10.2 Å². The summed E-state index contributed by atoms with van der Waals surface area (Å²) < 4.78 is 5.20. The molecule has 4 rings (SSSR count). The summed E-state index contributed by atoms with van der Waals surface area (Å²) in [6, 6.07) is 16.8. The standard InChI is InChI=1S/C21H18N2O3S2/c1-26-11-10-23-16-9-8-14(22-20(24)18-7-4-12-27-18)13-19(16)28-17-6-3-2-5-15(17)21(23)25/h2-9,12-13H,10-11H2,1H3,(H,22,24). The predicted molar refractivity (Wildman–Crippen MR) is 113 cm³/mol. The zero-order valence-electron chi connectivity index (χ0n) is 15.2. The van der Waals surface area contributed by atoms with Gasteiger partial charge in [-0.2, -0.15) is 0 Å². The summed E-state index contributed by atoms with van der Waals surface area (Å²) in [7, 11) is 1.62. The lowest BCUT2D eigenvalue weighted by Gasteiger charge is -2.23. The smallest absolute Gasteiger partial charge is 0.265 e. The van der Waals surface area contributed by atoms with Gasteiger partial charge in [0.25, 0.3) is 11.8 Å². The first-order valence-corrected chi connectivity index (χ1v) is 10.4. The predicted octanol–water partition coefficient (Wildman–Crippen LogP) is 4.76. The zero-order valence-corrected chi connectivity index (χ0v) is 16.8. The van der Waals surface area contributed by atoms with E-state index in [0.717, 1.165) is 15.5 Å². The molecule has 0 unspecified atom stereocenters. The molecule has 5 nitrogen and oxygen atoms in total. The van der Waals surface area contributed by atoms with Crippen molar-refractivity contribution >= 4 is 46.3 Å². The van der Waals surface area contributed by atoms with Crippen molar-refractivity contribution in [1.29, 1.82) is 0 Å². The van der Waals surface area contributed by atoms with Crippen molar-refractivity contribution < 1.29 is 14.3 Å². The van der Waals surface area contributed by atoms with Crippen LogP contribution in [-0.2, 0) is 4.74 Å². The second-order valence-electron chi connectivity index (χ2n) is 6.16. The summed E-state index contributed by atoms with van der Waals surface area (Å²) in [6.07, 6.45) is 0. The van der Waals surface area contributed by atoms with Gasteiger partial charge >= 0.3 is 0 Å². The Morgan fingerprint density at radius 1 is 1.11 bits per heavy atom. The number of thiophene rings is 1. The van der Waals surface area contributed by atoms with Crippen molar-refractivity contribution in [3.05, 3.63) is 70.4 Å². The number of nitrogens with zero attached hydrogens (tertiary/aromatic N) is 1. The van der Waals surface area contributed by atoms with E-state index >= 15 is 0 Å². The maximum atomic E-state index is 13.1. The van der Waals surface area contributed by atoms with Crippen molar-refractivity contribution in [2.24, 2.45) is 0 Å². The maximum Gasteiger partial charge on any atom is 0.265 e. The summed E-state index contributed by atoms with van der Waals surface area (Å²) in [5.41, 5.74) is 2.18. The Bertz CT molecular complexity index is 1020. The number of rotatable bonds is 5. The van der Waals surface area contributed by atoms with Crippen LogP contribution in [0.3, 0.4) is 0 Å². The first-order chi connectivity index (χ1) is 13.7. The quantitative estimate of drug-likeness (QED) is 0.659. The molecule has 2 amide bonds. The number of hydrogen-bond donors (Lipinski definition) is 1. The number of nitrogens with one attached hydrogen (secondary N) is 1. The third kappa shape index (κ3) is 3.69. The van der Waals surface area contributed by atoms with Crippen LogP contribution in [0.5, 0.6) is 0 Å². The molecule has 0 bridgehead atoms. The van der Waals surface area contributed by atoms with Crippen molar-refractivity contribution in [3.63, 3.8) is 0 Å². The van der Waals surface area contributed by atoms with Gasteiger partial charge in [0, 0.05) is 29.1 Å². The molecule has 0 fully saturated rings. The first kappa shape index (κ1) is 18.7. The van der Waals surface area contributed by atoms with Crippen LogP contribution in [0.15, 0.2) is 69.8 Å². The number of carbonyl (C=O) groups is 2. The van der Waals surface area contributed by atoms with E-state index in [0.29, 0.717) is 29.3 Å². The van der Waals surface area contributed by atoms with Crippen LogP contribution in [0.1, 0.15) is 20.0 Å². The van der Waals surface area contributed by atoms with Crippen LogP contribution in [-0.4, -0.2) is 32.1 Å². The van der Waals surface area contributed by atoms with E-state index in [-0.39, 0.29) is 11.8 Å². The van der Waals surface area contributed by atoms with Gasteiger partial charge in [0.15, 0.2) is 0 Å². The van der Waals surface area contributed by atoms with Gasteiger partial charge in [-0.05, 0) is 41.8 Å². The zero-order chi connectivity index (χ0) is 19.5. The number of amides is 2. The van der Waals surface area contributed by atoms with Crippen molar-refractivity contribution in [1.82, 2.24) is 0 Å². The lowest BCUT2D eigenvalue weighted by molar-refractivity contribution is 0.0972. The lowest BCUT2D eigenvalue weighted by Crippen LogP contribution is -2.33. The number of methoxy groups -OCH3 is 1. The molecule has 0 saturated heterocycles. The van der Waals surface area contributed by atoms with Gasteiger partial charge in [-0.3, -0.25) is 9.59 Å². The Morgan fingerprint density at radius 2 is 1.96 bits per heavy atom. The molecule has 0 atom stereocenters. The fourth-order valence-electron chi connectivity index (χ4n) is 3.01. The molecular formula is C21H18N2O3S2. The minimum Gasteiger partial charge on any atom is -0.383 e. The highest BCUT2D eigenvalue weighted by molar-refractivity contribution is 7.99. The van der Waals surface area contributed by atoms with Crippen molar-refractivity contribution in [2.75, 3.05) is 30.5 Å². The summed E-state index contributed by atoms with van der Waals surface area (Å²) in [5, 5.41) is 4.81. The summed E-state index contributed by atoms with van der Waals surface area (Å²) in [6.45, 7) is 0.896. The lowest BCUT2D eigenvalue weighted by atomic mass is 10.1. The summed E-state index contributed by atoms with van der Waals surface area (Å²) >= 11 is 2.93. The first-order valence-electron chi connectivity index (χ1n) is 8.74. The minimum absolute atomic E-state index is 0.0470. The Hall–Kier alpha value is -2.61. The van der Waals surface area contributed by atoms with Gasteiger partial charge in [-0.1, -0.05) is 30.0 Å². The van der Waals surface area contributed by atoms with E-state index < -0.39 is 0 Å². The monoisotopic (exact) mass is 410 g/mol. The molecule has 0 aliphatic carbocycles. The Labute approximate surface area is 171 Å². The van der Waals surface area contributed by atoms with E-state index in [1.54, 1.807) is 18.1 Å². The highest BCUT2D eigenvalue weighted by atomic mass is 32.2. The Kier molecular flexibility index (Phi) is 5.47. The van der Waals surface area contributed by atoms with Crippen molar-refractivity contribution in [2.45, 2.75) is 9.79 Å². The molecule has 3 aromatic rings. The van der Waals surface area contributed by atoms with Crippen LogP contribution >= 0.6 is 23.1 Å². The number of fused-ring (bicyclic) bond motifs is 2. The fourth-order valence-corrected chi connectivity index (χ4v) is 4.74. The van der Waals surface area contributed by atoms with E-state index in [4.69, 9.17) is 4.74 Å². The molecule has 2 heterocycles. The maximum absolute atomic E-state index is 13.1. The van der Waals surface area contributed by atoms with Gasteiger partial charge < -0.3 is 15.0 Å². The molecule has 28 heavy (non-hydrogen) atoms. The Balaban J connectivity index is 1.71. The SMILES string of the molecule is COCCN1C(=O)c2ccccc2Sc2cc(NC(=O)c3cccs3)ccc21. The number of ether oxygens (including phenoxy) is 1. The third-order valence-corrected chi connectivity index (χ3v) is 6.35. The van der Waals surface area contributed by atoms with E-state index in [9.17, 15) is 9.59 Å². The molecule has 0 saturated carbocycles. The van der Waals surface area contributed by atoms with Crippen LogP contribution in [0.4, 0.5) is 11.4 Å². The summed E-state index contributed by atoms with van der Waals surface area (Å²) in [5.74, 6) is -0.185. The molecule has 0 radical (unpaired) electrons. The van der Waals surface area contributed by atoms with Gasteiger partial charge in [0.1, 0.15) is 0 Å². The summed E-state index contributed by atoms with van der Waals surface area (Å²) in [4.78, 5) is 29.7. The fraction of sp³-hybridized carbons (Fsp3) is 0.143. The molecule has 142 valence electrons. The number of anilines is 2. The average molecular weight is 411 g/mol. The normalized spacial score (nSPS) is 12.9. The largest absolute Gasteiger partial charge is 0.383 e. The average Bonchev–Trinajstić information content (AvgIpc) is 3.21. The molecular weight excluding hydrogens is 392 g/mol. The highest BCUT2D eigenvalue weighted by Gasteiger charge is 2.27. The van der Waals surface area contributed by atoms with Crippen molar-refractivity contribution in [3.8, 4) is 0 Å². The second-order valence-corrected chi connectivity index (χ2v) is 8.19. The minimum atomic E-state index is -0.138. The van der Waals surface area contributed by atoms with E-state index in [1.165, 1.54) is 23.1 Å². The molecule has 1 N–H and O–H groups in total. The second kappa shape index (κ2) is 8.18. The van der Waals surface area contributed by atoms with E-state index in [2.05, 4.69) is 5.32 Å². The molecule has 7 heteroatoms. The van der Waals surface area contributed by atoms with Gasteiger partial charge in [0.2, 0.25) is 0 Å². The topological polar surface area (TPSA) is 58.6 Å². The van der Waals surface area contributed by atoms with Gasteiger partial charge in [-0.25, -0.2) is 0 Å². The highest BCUT2D eigenvalue weighted by Crippen LogP contribution is 2.42. The number of benzene rings is 2. The number of carbonyl (C=O) groups excluding carboxylic acids is 2. The van der Waals surface area contributed by atoms with Crippen LogP contribution in [0.25, 0.3) is 0 Å². The van der Waals surface area contributed by atoms with Crippen LogP contribution in [0, 0.1) is 0 Å². The van der Waals surface area contributed by atoms with Gasteiger partial charge in [-0.15, -0.1) is 11.3 Å². The van der Waals surface area contributed by atoms with Crippen LogP contribution in [0.2, 0.25) is 0 Å². The molecule has 1 aliphatic rings.